The molecule has 1 heterocycles. The van der Waals surface area contributed by atoms with Crippen LogP contribution < -0.4 is 10.9 Å². The number of carbonyl (C=O) groups is 1. The van der Waals surface area contributed by atoms with Crippen LogP contribution in [-0.4, -0.2) is 10.8 Å². The molecule has 1 saturated heterocycles. The Morgan fingerprint density at radius 3 is 2.47 bits per heavy atom. The van der Waals surface area contributed by atoms with Gasteiger partial charge in [0.05, 0.1) is 11.0 Å². The van der Waals surface area contributed by atoms with Crippen molar-refractivity contribution in [1.29, 1.82) is 0 Å². The van der Waals surface area contributed by atoms with Crippen LogP contribution in [0.25, 0.3) is 0 Å². The minimum Gasteiger partial charge on any atom is -0.291 e. The molecule has 6 heteroatoms. The van der Waals surface area contributed by atoms with Gasteiger partial charge in [-0.1, -0.05) is 12.1 Å². The number of nitrogens with zero attached hydrogens (tertiary/aromatic N) is 1. The zero-order valence-electron chi connectivity index (χ0n) is 7.77. The first-order valence-electron chi connectivity index (χ1n) is 4.45. The zero-order chi connectivity index (χ0) is 10.8. The second-order valence-electron chi connectivity index (χ2n) is 3.30. The van der Waals surface area contributed by atoms with Crippen molar-refractivity contribution in [3.05, 3.63) is 39.9 Å². The van der Waals surface area contributed by atoms with Gasteiger partial charge in [-0.2, -0.15) is 0 Å². The monoisotopic (exact) mass is 207 g/mol. The molecule has 1 aromatic rings. The standard InChI is InChI=1S/C9H9N3O3/c13-9-5-8(10-11-9)6-1-3-7(4-2-6)12(14)15/h1-4,8,10H,5H2,(H,11,13). The fraction of sp³-hybridized carbons (Fsp3) is 0.222. The van der Waals surface area contributed by atoms with Crippen LogP contribution in [0.1, 0.15) is 18.0 Å². The fourth-order valence-electron chi connectivity index (χ4n) is 1.48. The maximum atomic E-state index is 10.9. The molecule has 1 aliphatic heterocycles. The first-order chi connectivity index (χ1) is 7.16. The van der Waals surface area contributed by atoms with E-state index in [2.05, 4.69) is 10.9 Å². The van der Waals surface area contributed by atoms with Gasteiger partial charge in [-0.25, -0.2) is 5.43 Å². The number of carbonyl (C=O) groups excluding carboxylic acids is 1. The molecule has 1 amide bonds. The molecule has 6 nitrogen and oxygen atoms in total. The molecule has 1 aliphatic rings. The van der Waals surface area contributed by atoms with Crippen LogP contribution in [0, 0.1) is 10.1 Å². The van der Waals surface area contributed by atoms with Crippen LogP contribution in [-0.2, 0) is 4.79 Å². The van der Waals surface area contributed by atoms with E-state index in [0.29, 0.717) is 6.42 Å². The summed E-state index contributed by atoms with van der Waals surface area (Å²) in [5.41, 5.74) is 6.20. The van der Waals surface area contributed by atoms with Crippen LogP contribution in [0.3, 0.4) is 0 Å². The second-order valence-corrected chi connectivity index (χ2v) is 3.30. The van der Waals surface area contributed by atoms with Crippen LogP contribution in [0.4, 0.5) is 5.69 Å². The lowest BCUT2D eigenvalue weighted by atomic mass is 10.1. The van der Waals surface area contributed by atoms with E-state index in [1.54, 1.807) is 12.1 Å². The van der Waals surface area contributed by atoms with Crippen molar-refractivity contribution in [3.8, 4) is 0 Å². The van der Waals surface area contributed by atoms with E-state index in [1.165, 1.54) is 12.1 Å². The van der Waals surface area contributed by atoms with Gasteiger partial charge in [0.25, 0.3) is 5.69 Å². The van der Waals surface area contributed by atoms with Crippen LogP contribution in [0.2, 0.25) is 0 Å². The number of nitrogens with one attached hydrogen (secondary N) is 2. The van der Waals surface area contributed by atoms with Gasteiger partial charge in [-0.3, -0.25) is 20.3 Å². The molecule has 1 unspecified atom stereocenters. The molecule has 15 heavy (non-hydrogen) atoms. The molecule has 0 spiro atoms. The van der Waals surface area contributed by atoms with E-state index >= 15 is 0 Å². The lowest BCUT2D eigenvalue weighted by molar-refractivity contribution is -0.384. The van der Waals surface area contributed by atoms with Gasteiger partial charge in [0.1, 0.15) is 0 Å². The van der Waals surface area contributed by atoms with Gasteiger partial charge in [0.2, 0.25) is 5.91 Å². The number of nitro groups is 1. The van der Waals surface area contributed by atoms with Gasteiger partial charge in [-0.05, 0) is 5.56 Å². The summed E-state index contributed by atoms with van der Waals surface area (Å²) in [7, 11) is 0. The Labute approximate surface area is 85.4 Å². The van der Waals surface area contributed by atoms with E-state index in [0.717, 1.165) is 5.56 Å². The average molecular weight is 207 g/mol. The lowest BCUT2D eigenvalue weighted by Gasteiger charge is -2.07. The number of nitro benzene ring substituents is 1. The van der Waals surface area contributed by atoms with E-state index in [9.17, 15) is 14.9 Å². The van der Waals surface area contributed by atoms with E-state index in [1.807, 2.05) is 0 Å². The van der Waals surface area contributed by atoms with E-state index < -0.39 is 4.92 Å². The van der Waals surface area contributed by atoms with Gasteiger partial charge < -0.3 is 0 Å². The molecule has 0 radical (unpaired) electrons. The molecule has 0 aliphatic carbocycles. The molecule has 2 N–H and O–H groups in total. The van der Waals surface area contributed by atoms with Crippen LogP contribution in [0.5, 0.6) is 0 Å². The number of hydrogen-bond donors (Lipinski definition) is 2. The highest BCUT2D eigenvalue weighted by atomic mass is 16.6. The van der Waals surface area contributed by atoms with E-state index in [-0.39, 0.29) is 17.6 Å². The Kier molecular flexibility index (Phi) is 2.34. The summed E-state index contributed by atoms with van der Waals surface area (Å²) in [6, 6.07) is 6.06. The third-order valence-corrected chi connectivity index (χ3v) is 2.28. The third kappa shape index (κ3) is 1.94. The minimum absolute atomic E-state index is 0.0519. The van der Waals surface area contributed by atoms with Gasteiger partial charge >= 0.3 is 0 Å². The number of hydrogen-bond acceptors (Lipinski definition) is 4. The SMILES string of the molecule is O=C1CC(c2ccc([N+](=O)[O-])cc2)NN1. The summed E-state index contributed by atoms with van der Waals surface area (Å²) < 4.78 is 0. The number of hydrazine groups is 1. The molecule has 0 bridgehead atoms. The van der Waals surface area contributed by atoms with Crippen molar-refractivity contribution in [3.63, 3.8) is 0 Å². The van der Waals surface area contributed by atoms with Crippen LogP contribution >= 0.6 is 0 Å². The number of non-ortho nitro benzene ring substituents is 1. The maximum absolute atomic E-state index is 10.9. The first-order valence-corrected chi connectivity index (χ1v) is 4.45. The molecule has 1 fully saturated rings. The molecule has 78 valence electrons. The summed E-state index contributed by atoms with van der Waals surface area (Å²) >= 11 is 0. The molecule has 0 saturated carbocycles. The van der Waals surface area contributed by atoms with Crippen molar-refractivity contribution in [1.82, 2.24) is 10.9 Å². The fourth-order valence-corrected chi connectivity index (χ4v) is 1.48. The smallest absolute Gasteiger partial charge is 0.269 e. The van der Waals surface area contributed by atoms with Gasteiger partial charge in [0.15, 0.2) is 0 Å². The molecule has 2 rings (SSSR count). The van der Waals surface area contributed by atoms with Crippen molar-refractivity contribution in [2.24, 2.45) is 0 Å². The van der Waals surface area contributed by atoms with Crippen molar-refractivity contribution in [2.45, 2.75) is 12.5 Å². The summed E-state index contributed by atoms with van der Waals surface area (Å²) in [5.74, 6) is -0.0710. The predicted octanol–water partition coefficient (Wildman–Crippen LogP) is 0.660. The molecular formula is C9H9N3O3. The molecule has 1 atom stereocenters. The average Bonchev–Trinajstić information content (AvgIpc) is 2.65. The summed E-state index contributed by atoms with van der Waals surface area (Å²) in [5, 5.41) is 10.4. The lowest BCUT2D eigenvalue weighted by Crippen LogP contribution is -2.27. The Balaban J connectivity index is 2.17. The van der Waals surface area contributed by atoms with Gasteiger partial charge in [0, 0.05) is 18.6 Å². The highest BCUT2D eigenvalue weighted by Gasteiger charge is 2.22. The maximum Gasteiger partial charge on any atom is 0.269 e. The first kappa shape index (κ1) is 9.60. The predicted molar refractivity (Wildman–Crippen MR) is 51.7 cm³/mol. The summed E-state index contributed by atoms with van der Waals surface area (Å²) in [4.78, 5) is 20.9. The third-order valence-electron chi connectivity index (χ3n) is 2.28. The Morgan fingerprint density at radius 2 is 2.00 bits per heavy atom. The summed E-state index contributed by atoms with van der Waals surface area (Å²) in [6.45, 7) is 0. The molecular weight excluding hydrogens is 198 g/mol. The highest BCUT2D eigenvalue weighted by Crippen LogP contribution is 2.21. The molecule has 0 aromatic heterocycles. The van der Waals surface area contributed by atoms with Crippen LogP contribution in [0.15, 0.2) is 24.3 Å². The topological polar surface area (TPSA) is 84.3 Å². The highest BCUT2D eigenvalue weighted by molar-refractivity contribution is 5.78. The zero-order valence-corrected chi connectivity index (χ0v) is 7.77. The van der Waals surface area contributed by atoms with Crippen molar-refractivity contribution >= 4 is 11.6 Å². The minimum atomic E-state index is -0.449. The Morgan fingerprint density at radius 1 is 1.33 bits per heavy atom. The number of rotatable bonds is 2. The Bertz CT molecular complexity index is 402. The quantitative estimate of drug-likeness (QED) is 0.551. The Hall–Kier alpha value is -1.95. The number of amides is 1. The number of benzene rings is 1. The van der Waals surface area contributed by atoms with Crippen molar-refractivity contribution < 1.29 is 9.72 Å². The second kappa shape index (κ2) is 3.66. The van der Waals surface area contributed by atoms with Gasteiger partial charge in [-0.15, -0.1) is 0 Å². The summed E-state index contributed by atoms with van der Waals surface area (Å²) in [6.07, 6.45) is 0.359. The van der Waals surface area contributed by atoms with E-state index in [4.69, 9.17) is 0 Å². The normalized spacial score (nSPS) is 20.0. The largest absolute Gasteiger partial charge is 0.291 e. The van der Waals surface area contributed by atoms with Crippen molar-refractivity contribution in [2.75, 3.05) is 0 Å². The molecule has 1 aromatic carbocycles.